The molecule has 1 N–H and O–H groups in total. The third kappa shape index (κ3) is 5.97. The van der Waals surface area contributed by atoms with Gasteiger partial charge in [0.05, 0.1) is 5.56 Å². The van der Waals surface area contributed by atoms with Crippen molar-refractivity contribution >= 4 is 22.4 Å². The molecular weight excluding hydrogens is 438 g/mol. The quantitative estimate of drug-likeness (QED) is 0.271. The summed E-state index contributed by atoms with van der Waals surface area (Å²) in [4.78, 5) is 18.7. The Labute approximate surface area is 205 Å². The van der Waals surface area contributed by atoms with Crippen molar-refractivity contribution in [2.24, 2.45) is 0 Å². The lowest BCUT2D eigenvalue weighted by Crippen LogP contribution is -2.26. The second-order valence-corrected chi connectivity index (χ2v) is 8.77. The average Bonchev–Trinajstić information content (AvgIpc) is 3.34. The summed E-state index contributed by atoms with van der Waals surface area (Å²) in [6.45, 7) is 3.43. The number of carbonyl (C=O) groups is 1. The van der Waals surface area contributed by atoms with Crippen LogP contribution in [0.3, 0.4) is 0 Å². The fourth-order valence-electron chi connectivity index (χ4n) is 4.51. The van der Waals surface area contributed by atoms with Gasteiger partial charge in [-0.05, 0) is 48.4 Å². The zero-order valence-electron chi connectivity index (χ0n) is 19.6. The number of carbonyl (C=O) groups excluding carboxylic acids is 1. The van der Waals surface area contributed by atoms with Gasteiger partial charge in [-0.15, -0.1) is 0 Å². The van der Waals surface area contributed by atoms with Crippen molar-refractivity contribution in [3.8, 4) is 5.75 Å². The molecule has 0 aliphatic carbocycles. The van der Waals surface area contributed by atoms with Crippen LogP contribution < -0.4 is 10.1 Å². The summed E-state index contributed by atoms with van der Waals surface area (Å²) in [6.07, 6.45) is 4.85. The fourth-order valence-corrected chi connectivity index (χ4v) is 4.51. The highest BCUT2D eigenvalue weighted by molar-refractivity contribution is 5.93. The molecule has 1 aliphatic heterocycles. The predicted octanol–water partition coefficient (Wildman–Crippen LogP) is 5.16. The maximum absolute atomic E-state index is 12.0. The van der Waals surface area contributed by atoms with Crippen LogP contribution in [-0.4, -0.2) is 48.2 Å². The standard InChI is InChI=1S/C29H29N3O3/c33-29(23-7-2-1-3-8-23)35-17-16-34-26-10-4-6-22(18-26)20-32-15-13-25(21-32)31-28-11-5-9-24-19-30-14-12-27(24)28/h1-12,14,18-19,25,31H,13,15-17,20-21H2. The molecule has 5 rings (SSSR count). The van der Waals surface area contributed by atoms with Crippen LogP contribution in [-0.2, 0) is 11.3 Å². The molecule has 0 spiro atoms. The number of pyridine rings is 1. The van der Waals surface area contributed by atoms with Crippen LogP contribution in [0.25, 0.3) is 10.8 Å². The van der Waals surface area contributed by atoms with E-state index in [0.717, 1.165) is 37.2 Å². The van der Waals surface area contributed by atoms with Crippen LogP contribution in [0.5, 0.6) is 5.75 Å². The zero-order valence-corrected chi connectivity index (χ0v) is 19.6. The van der Waals surface area contributed by atoms with Crippen LogP contribution in [0.2, 0.25) is 0 Å². The van der Waals surface area contributed by atoms with Crippen molar-refractivity contribution in [1.82, 2.24) is 9.88 Å². The molecule has 3 aromatic carbocycles. The summed E-state index contributed by atoms with van der Waals surface area (Å²) in [5, 5.41) is 6.09. The predicted molar refractivity (Wildman–Crippen MR) is 138 cm³/mol. The normalized spacial score (nSPS) is 15.7. The van der Waals surface area contributed by atoms with Gasteiger partial charge in [0.2, 0.25) is 0 Å². The van der Waals surface area contributed by atoms with Gasteiger partial charge in [-0.3, -0.25) is 9.88 Å². The lowest BCUT2D eigenvalue weighted by molar-refractivity contribution is 0.0450. The molecule has 4 aromatic rings. The molecule has 2 heterocycles. The van der Waals surface area contributed by atoms with E-state index in [9.17, 15) is 4.79 Å². The molecule has 6 heteroatoms. The Kier molecular flexibility index (Phi) is 7.20. The van der Waals surface area contributed by atoms with Crippen LogP contribution in [0.4, 0.5) is 5.69 Å². The second-order valence-electron chi connectivity index (χ2n) is 8.77. The molecule has 1 aliphatic rings. The number of anilines is 1. The lowest BCUT2D eigenvalue weighted by Gasteiger charge is -2.19. The Bertz CT molecular complexity index is 1270. The molecule has 0 amide bonds. The SMILES string of the molecule is O=C(OCCOc1cccc(CN2CCC(Nc3cccc4cnccc34)C2)c1)c1ccccc1. The molecule has 1 aromatic heterocycles. The first-order chi connectivity index (χ1) is 17.2. The largest absolute Gasteiger partial charge is 0.490 e. The number of aromatic nitrogens is 1. The van der Waals surface area contributed by atoms with E-state index < -0.39 is 0 Å². The highest BCUT2D eigenvalue weighted by Crippen LogP contribution is 2.25. The van der Waals surface area contributed by atoms with E-state index >= 15 is 0 Å². The van der Waals surface area contributed by atoms with Gasteiger partial charge in [0.15, 0.2) is 0 Å². The minimum Gasteiger partial charge on any atom is -0.490 e. The number of esters is 1. The van der Waals surface area contributed by atoms with E-state index in [1.54, 1.807) is 12.1 Å². The average molecular weight is 468 g/mol. The summed E-state index contributed by atoms with van der Waals surface area (Å²) >= 11 is 0. The number of benzene rings is 3. The van der Waals surface area contributed by atoms with Crippen LogP contribution >= 0.6 is 0 Å². The summed E-state index contributed by atoms with van der Waals surface area (Å²) in [5.74, 6) is 0.455. The number of likely N-dealkylation sites (tertiary alicyclic amines) is 1. The Morgan fingerprint density at radius 1 is 1.00 bits per heavy atom. The molecule has 35 heavy (non-hydrogen) atoms. The van der Waals surface area contributed by atoms with Gasteiger partial charge < -0.3 is 14.8 Å². The molecule has 0 bridgehead atoms. The fraction of sp³-hybridized carbons (Fsp3) is 0.241. The molecule has 1 saturated heterocycles. The van der Waals surface area contributed by atoms with Crippen molar-refractivity contribution in [3.05, 3.63) is 102 Å². The highest BCUT2D eigenvalue weighted by atomic mass is 16.6. The summed E-state index contributed by atoms with van der Waals surface area (Å²) < 4.78 is 11.1. The smallest absolute Gasteiger partial charge is 0.338 e. The van der Waals surface area contributed by atoms with Crippen LogP contribution in [0, 0.1) is 0 Å². The van der Waals surface area contributed by atoms with Crippen LogP contribution in [0.1, 0.15) is 22.3 Å². The van der Waals surface area contributed by atoms with Crippen molar-refractivity contribution in [3.63, 3.8) is 0 Å². The van der Waals surface area contributed by atoms with Gasteiger partial charge in [0.25, 0.3) is 0 Å². The topological polar surface area (TPSA) is 63.7 Å². The van der Waals surface area contributed by atoms with E-state index in [4.69, 9.17) is 9.47 Å². The monoisotopic (exact) mass is 467 g/mol. The van der Waals surface area contributed by atoms with Crippen molar-refractivity contribution in [2.75, 3.05) is 31.6 Å². The lowest BCUT2D eigenvalue weighted by atomic mass is 10.1. The molecule has 178 valence electrons. The molecule has 6 nitrogen and oxygen atoms in total. The Morgan fingerprint density at radius 3 is 2.80 bits per heavy atom. The first kappa shape index (κ1) is 22.9. The van der Waals surface area contributed by atoms with E-state index in [1.165, 1.54) is 16.6 Å². The van der Waals surface area contributed by atoms with E-state index in [2.05, 4.69) is 51.6 Å². The Morgan fingerprint density at radius 2 is 1.89 bits per heavy atom. The molecule has 1 unspecified atom stereocenters. The third-order valence-corrected chi connectivity index (χ3v) is 6.21. The molecule has 0 radical (unpaired) electrons. The maximum Gasteiger partial charge on any atom is 0.338 e. The van der Waals surface area contributed by atoms with Gasteiger partial charge >= 0.3 is 5.97 Å². The number of hydrogen-bond acceptors (Lipinski definition) is 6. The van der Waals surface area contributed by atoms with Gasteiger partial charge in [-0.2, -0.15) is 0 Å². The maximum atomic E-state index is 12.0. The summed E-state index contributed by atoms with van der Waals surface area (Å²) in [5.41, 5.74) is 2.92. The van der Waals surface area contributed by atoms with Gasteiger partial charge in [0.1, 0.15) is 19.0 Å². The zero-order chi connectivity index (χ0) is 23.9. The molecule has 0 saturated carbocycles. The molecular formula is C29H29N3O3. The number of nitrogens with zero attached hydrogens (tertiary/aromatic N) is 2. The first-order valence-electron chi connectivity index (χ1n) is 12.0. The Balaban J connectivity index is 1.09. The second kappa shape index (κ2) is 11.0. The van der Waals surface area contributed by atoms with Crippen molar-refractivity contribution in [1.29, 1.82) is 0 Å². The van der Waals surface area contributed by atoms with Gasteiger partial charge in [-0.25, -0.2) is 4.79 Å². The molecule has 1 fully saturated rings. The number of ether oxygens (including phenoxy) is 2. The van der Waals surface area contributed by atoms with E-state index in [-0.39, 0.29) is 12.6 Å². The molecule has 1 atom stereocenters. The van der Waals surface area contributed by atoms with Crippen LogP contribution in [0.15, 0.2) is 91.3 Å². The van der Waals surface area contributed by atoms with Crippen molar-refractivity contribution < 1.29 is 14.3 Å². The number of hydrogen-bond donors (Lipinski definition) is 1. The minimum atomic E-state index is -0.333. The summed E-state index contributed by atoms with van der Waals surface area (Å²) in [7, 11) is 0. The van der Waals surface area contributed by atoms with Gasteiger partial charge in [0, 0.05) is 54.5 Å². The number of nitrogens with one attached hydrogen (secondary N) is 1. The highest BCUT2D eigenvalue weighted by Gasteiger charge is 2.23. The van der Waals surface area contributed by atoms with E-state index in [1.807, 2.05) is 42.7 Å². The first-order valence-corrected chi connectivity index (χ1v) is 12.0. The van der Waals surface area contributed by atoms with Gasteiger partial charge in [-0.1, -0.05) is 42.5 Å². The number of fused-ring (bicyclic) bond motifs is 1. The van der Waals surface area contributed by atoms with Crippen molar-refractivity contribution in [2.45, 2.75) is 19.0 Å². The third-order valence-electron chi connectivity index (χ3n) is 6.21. The Hall–Kier alpha value is -3.90. The van der Waals surface area contributed by atoms with E-state index in [0.29, 0.717) is 18.2 Å². The summed E-state index contributed by atoms with van der Waals surface area (Å²) in [6, 6.07) is 25.9. The minimum absolute atomic E-state index is 0.210. The number of rotatable bonds is 9.